The quantitative estimate of drug-likeness (QED) is 0.348. The fourth-order valence-electron chi connectivity index (χ4n) is 2.30. The number of hydrogen-bond acceptors (Lipinski definition) is 5. The van der Waals surface area contributed by atoms with Gasteiger partial charge >= 0.3 is 8.80 Å². The maximum absolute atomic E-state index is 5.90. The Morgan fingerprint density at radius 3 is 1.45 bits per heavy atom. The van der Waals surface area contributed by atoms with Crippen LogP contribution >= 0.6 is 0 Å². The molecule has 0 radical (unpaired) electrons. The Hall–Kier alpha value is 0.451. The molecule has 0 aromatic heterocycles. The van der Waals surface area contributed by atoms with Crippen molar-refractivity contribution in [2.75, 3.05) is 34.7 Å². The Kier molecular flexibility index (Phi) is 8.36. The van der Waals surface area contributed by atoms with E-state index in [1.807, 2.05) is 0 Å². The van der Waals surface area contributed by atoms with Crippen molar-refractivity contribution in [3.8, 4) is 0 Å². The van der Waals surface area contributed by atoms with Crippen molar-refractivity contribution >= 4 is 25.3 Å². The smallest absolute Gasteiger partial charge is 0.377 e. The van der Waals surface area contributed by atoms with Crippen LogP contribution in [0.1, 0.15) is 0 Å². The van der Waals surface area contributed by atoms with Gasteiger partial charge < -0.3 is 22.2 Å². The maximum atomic E-state index is 5.90. The van der Waals surface area contributed by atoms with E-state index in [9.17, 15) is 0 Å². The lowest BCUT2D eigenvalue weighted by atomic mass is 10.8. The van der Waals surface area contributed by atoms with Crippen LogP contribution in [0.2, 0.25) is 45.3 Å². The molecule has 0 atom stereocenters. The second kappa shape index (κ2) is 8.18. The van der Waals surface area contributed by atoms with Crippen LogP contribution < -0.4 is 0 Å². The summed E-state index contributed by atoms with van der Waals surface area (Å²) < 4.78 is 24.7. The molecule has 0 amide bonds. The third-order valence-corrected chi connectivity index (χ3v) is 13.5. The van der Waals surface area contributed by atoms with E-state index in [1.165, 1.54) is 0 Å². The molecule has 0 bridgehead atoms. The zero-order valence-corrected chi connectivity index (χ0v) is 17.7. The van der Waals surface area contributed by atoms with Crippen LogP contribution in [0, 0.1) is 0 Å². The monoisotopic (exact) mass is 339 g/mol. The van der Waals surface area contributed by atoms with Gasteiger partial charge in [0, 0.05) is 27.4 Å². The van der Waals surface area contributed by atoms with Crippen LogP contribution in [-0.2, 0) is 18.0 Å². The summed E-state index contributed by atoms with van der Waals surface area (Å²) in [4.78, 5) is 0. The molecule has 0 aromatic carbocycles. The van der Waals surface area contributed by atoms with Gasteiger partial charge in [0.15, 0.2) is 0 Å². The van der Waals surface area contributed by atoms with E-state index in [4.69, 9.17) is 18.0 Å². The summed E-state index contributed by atoms with van der Waals surface area (Å²) in [5.41, 5.74) is 0. The van der Waals surface area contributed by atoms with E-state index in [1.54, 1.807) is 21.3 Å². The van der Waals surface area contributed by atoms with Crippen LogP contribution in [0.25, 0.3) is 0 Å². The molecule has 5 nitrogen and oxygen atoms in total. The average Bonchev–Trinajstić information content (AvgIpc) is 2.31. The molecule has 0 aromatic rings. The van der Waals surface area contributed by atoms with Crippen LogP contribution in [0.4, 0.5) is 0 Å². The van der Waals surface area contributed by atoms with E-state index in [0.717, 1.165) is 0 Å². The molecule has 0 aliphatic rings. The van der Waals surface area contributed by atoms with Crippen LogP contribution in [-0.4, -0.2) is 64.2 Å². The third kappa shape index (κ3) is 6.48. The van der Waals surface area contributed by atoms with Gasteiger partial charge in [-0.05, 0) is 0 Å². The predicted molar refractivity (Wildman–Crippen MR) is 90.9 cm³/mol. The predicted octanol–water partition coefficient (Wildman–Crippen LogP) is 2.81. The Bertz CT molecular complexity index is 253. The first-order valence-corrected chi connectivity index (χ1v) is 15.9. The lowest BCUT2D eigenvalue weighted by Crippen LogP contribution is -2.59. The molecule has 0 unspecified atom stereocenters. The van der Waals surface area contributed by atoms with Crippen molar-refractivity contribution in [2.24, 2.45) is 0 Å². The molecule has 0 saturated carbocycles. The SMILES string of the molecule is CO[Si](CCOCN([Si](C)(C)C)[Si](C)(C)C)(OC)OC. The summed E-state index contributed by atoms with van der Waals surface area (Å²) in [7, 11) is -0.309. The molecular formula is C12H33NO4Si3. The molecule has 8 heteroatoms. The second-order valence-electron chi connectivity index (χ2n) is 6.85. The Labute approximate surface area is 128 Å². The third-order valence-electron chi connectivity index (χ3n) is 3.33. The zero-order valence-electron chi connectivity index (χ0n) is 14.7. The number of hydrogen-bond donors (Lipinski definition) is 0. The molecule has 0 saturated heterocycles. The molecular weight excluding hydrogens is 306 g/mol. The first-order valence-electron chi connectivity index (χ1n) is 7.03. The zero-order chi connectivity index (χ0) is 16.0. The van der Waals surface area contributed by atoms with E-state index in [0.29, 0.717) is 19.4 Å². The highest BCUT2D eigenvalue weighted by Crippen LogP contribution is 2.20. The topological polar surface area (TPSA) is 40.2 Å². The molecule has 20 heavy (non-hydrogen) atoms. The molecule has 0 fully saturated rings. The van der Waals surface area contributed by atoms with Crippen molar-refractivity contribution in [2.45, 2.75) is 45.3 Å². The minimum atomic E-state index is -2.50. The van der Waals surface area contributed by atoms with Gasteiger partial charge in [0.05, 0.1) is 13.3 Å². The van der Waals surface area contributed by atoms with E-state index < -0.39 is 25.3 Å². The van der Waals surface area contributed by atoms with Gasteiger partial charge in [-0.2, -0.15) is 0 Å². The molecule has 0 spiro atoms. The van der Waals surface area contributed by atoms with Gasteiger partial charge in [-0.1, -0.05) is 39.3 Å². The fraction of sp³-hybridized carbons (Fsp3) is 1.00. The van der Waals surface area contributed by atoms with E-state index in [2.05, 4.69) is 43.5 Å². The molecule has 0 heterocycles. The standard InChI is InChI=1S/C12H33NO4Si3/c1-14-20(15-2,16-3)11-10-17-12-13(18(4,5)6)19(7,8)9/h10-12H2,1-9H3. The highest BCUT2D eigenvalue weighted by atomic mass is 28.4. The van der Waals surface area contributed by atoms with Gasteiger partial charge in [-0.15, -0.1) is 0 Å². The van der Waals surface area contributed by atoms with E-state index >= 15 is 0 Å². The largest absolute Gasteiger partial charge is 0.502 e. The minimum absolute atomic E-state index is 0.604. The second-order valence-corrected chi connectivity index (χ2v) is 20.2. The summed E-state index contributed by atoms with van der Waals surface area (Å²) in [5, 5.41) is 0. The van der Waals surface area contributed by atoms with Crippen molar-refractivity contribution in [1.82, 2.24) is 4.23 Å². The fourth-order valence-corrected chi connectivity index (χ4v) is 12.8. The van der Waals surface area contributed by atoms with Crippen molar-refractivity contribution < 1.29 is 18.0 Å². The van der Waals surface area contributed by atoms with Gasteiger partial charge in [0.1, 0.15) is 16.5 Å². The molecule has 0 aliphatic carbocycles. The summed E-state index contributed by atoms with van der Waals surface area (Å²) >= 11 is 0. The maximum Gasteiger partial charge on any atom is 0.502 e. The summed E-state index contributed by atoms with van der Waals surface area (Å²) in [5.74, 6) is 0. The average molecular weight is 340 g/mol. The van der Waals surface area contributed by atoms with Gasteiger partial charge in [0.25, 0.3) is 0 Å². The van der Waals surface area contributed by atoms with Gasteiger partial charge in [0.2, 0.25) is 0 Å². The molecule has 0 N–H and O–H groups in total. The lowest BCUT2D eigenvalue weighted by molar-refractivity contribution is 0.0767. The Morgan fingerprint density at radius 2 is 1.15 bits per heavy atom. The Balaban J connectivity index is 4.40. The van der Waals surface area contributed by atoms with Crippen molar-refractivity contribution in [3.05, 3.63) is 0 Å². The van der Waals surface area contributed by atoms with Gasteiger partial charge in [-0.25, -0.2) is 0 Å². The number of ether oxygens (including phenoxy) is 1. The number of rotatable bonds is 10. The Morgan fingerprint density at radius 1 is 0.750 bits per heavy atom. The molecule has 122 valence electrons. The summed E-state index contributed by atoms with van der Waals surface area (Å²) in [6.07, 6.45) is 0. The highest BCUT2D eigenvalue weighted by molar-refractivity contribution is 6.89. The minimum Gasteiger partial charge on any atom is -0.377 e. The number of nitrogens with zero attached hydrogens (tertiary/aromatic N) is 1. The van der Waals surface area contributed by atoms with Gasteiger partial charge in [-0.3, -0.25) is 0 Å². The summed E-state index contributed by atoms with van der Waals surface area (Å²) in [6.45, 7) is 15.5. The van der Waals surface area contributed by atoms with Crippen molar-refractivity contribution in [3.63, 3.8) is 0 Å². The van der Waals surface area contributed by atoms with Crippen LogP contribution in [0.5, 0.6) is 0 Å². The molecule has 0 rings (SSSR count). The normalized spacial score (nSPS) is 14.1. The van der Waals surface area contributed by atoms with Crippen LogP contribution in [0.15, 0.2) is 0 Å². The first-order chi connectivity index (χ1) is 9.02. The first kappa shape index (κ1) is 20.5. The summed E-state index contributed by atoms with van der Waals surface area (Å²) in [6, 6.07) is 0.682. The molecule has 0 aliphatic heterocycles. The van der Waals surface area contributed by atoms with Crippen molar-refractivity contribution in [1.29, 1.82) is 0 Å². The van der Waals surface area contributed by atoms with Crippen LogP contribution in [0.3, 0.4) is 0 Å². The lowest BCUT2D eigenvalue weighted by Gasteiger charge is -2.43. The highest BCUT2D eigenvalue weighted by Gasteiger charge is 2.38. The van der Waals surface area contributed by atoms with E-state index in [-0.39, 0.29) is 0 Å².